The average molecular weight is 346 g/mol. The highest BCUT2D eigenvalue weighted by atomic mass is 16.5. The zero-order valence-corrected chi connectivity index (χ0v) is 15.5. The maximum Gasteiger partial charge on any atom is 0.238 e. The van der Waals surface area contributed by atoms with Gasteiger partial charge in [-0.1, -0.05) is 0 Å². The van der Waals surface area contributed by atoms with Crippen molar-refractivity contribution in [2.75, 3.05) is 39.2 Å². The standard InChI is InChI=1S/C18H26N4O3/c1-13-18(14(2)22(4)20-13)19-17(23)12-21(3)10-11-25-16-8-6-15(24-5)7-9-16/h6-9H,10-12H2,1-5H3,(H,19,23). The Kier molecular flexibility index (Phi) is 6.41. The van der Waals surface area contributed by atoms with E-state index in [0.717, 1.165) is 28.6 Å². The van der Waals surface area contributed by atoms with Crippen LogP contribution < -0.4 is 14.8 Å². The van der Waals surface area contributed by atoms with Crippen molar-refractivity contribution in [3.8, 4) is 11.5 Å². The van der Waals surface area contributed by atoms with Gasteiger partial charge in [-0.05, 0) is 45.2 Å². The molecule has 1 amide bonds. The van der Waals surface area contributed by atoms with Crippen LogP contribution in [0.15, 0.2) is 24.3 Å². The van der Waals surface area contributed by atoms with Gasteiger partial charge >= 0.3 is 0 Å². The lowest BCUT2D eigenvalue weighted by molar-refractivity contribution is -0.117. The smallest absolute Gasteiger partial charge is 0.238 e. The molecule has 0 atom stereocenters. The number of aryl methyl sites for hydroxylation is 2. The third kappa shape index (κ3) is 5.22. The number of benzene rings is 1. The lowest BCUT2D eigenvalue weighted by Gasteiger charge is -2.17. The van der Waals surface area contributed by atoms with Crippen molar-refractivity contribution in [1.29, 1.82) is 0 Å². The van der Waals surface area contributed by atoms with Crippen molar-refractivity contribution in [3.05, 3.63) is 35.7 Å². The molecule has 25 heavy (non-hydrogen) atoms. The van der Waals surface area contributed by atoms with E-state index in [1.807, 2.05) is 57.1 Å². The molecule has 0 saturated heterocycles. The number of anilines is 1. The number of hydrogen-bond donors (Lipinski definition) is 1. The number of aromatic nitrogens is 2. The number of ether oxygens (including phenoxy) is 2. The fourth-order valence-electron chi connectivity index (χ4n) is 2.45. The van der Waals surface area contributed by atoms with E-state index in [9.17, 15) is 4.79 Å². The molecule has 0 bridgehead atoms. The summed E-state index contributed by atoms with van der Waals surface area (Å²) in [5.41, 5.74) is 2.55. The molecule has 0 unspecified atom stereocenters. The highest BCUT2D eigenvalue weighted by Gasteiger charge is 2.13. The van der Waals surface area contributed by atoms with Gasteiger partial charge in [-0.15, -0.1) is 0 Å². The van der Waals surface area contributed by atoms with Crippen molar-refractivity contribution in [1.82, 2.24) is 14.7 Å². The molecule has 136 valence electrons. The Morgan fingerprint density at radius 2 is 1.88 bits per heavy atom. The first kappa shape index (κ1) is 18.8. The van der Waals surface area contributed by atoms with Crippen LogP contribution >= 0.6 is 0 Å². The third-order valence-electron chi connectivity index (χ3n) is 3.99. The van der Waals surface area contributed by atoms with Crippen molar-refractivity contribution in [2.45, 2.75) is 13.8 Å². The molecule has 2 rings (SSSR count). The first-order chi connectivity index (χ1) is 11.9. The molecule has 0 spiro atoms. The largest absolute Gasteiger partial charge is 0.497 e. The third-order valence-corrected chi connectivity index (χ3v) is 3.99. The van der Waals surface area contributed by atoms with Crippen LogP contribution in [0.3, 0.4) is 0 Å². The van der Waals surface area contributed by atoms with Crippen molar-refractivity contribution in [3.63, 3.8) is 0 Å². The fourth-order valence-corrected chi connectivity index (χ4v) is 2.45. The molecule has 0 aliphatic rings. The van der Waals surface area contributed by atoms with Crippen molar-refractivity contribution >= 4 is 11.6 Å². The van der Waals surface area contributed by atoms with E-state index in [2.05, 4.69) is 10.4 Å². The summed E-state index contributed by atoms with van der Waals surface area (Å²) in [5.74, 6) is 1.51. The molecule has 0 aliphatic carbocycles. The molecule has 7 nitrogen and oxygen atoms in total. The number of likely N-dealkylation sites (N-methyl/N-ethyl adjacent to an activating group) is 1. The van der Waals surface area contributed by atoms with Gasteiger partial charge in [0.15, 0.2) is 0 Å². The van der Waals surface area contributed by atoms with Gasteiger partial charge in [0.1, 0.15) is 18.1 Å². The van der Waals surface area contributed by atoms with Crippen LogP contribution in [-0.2, 0) is 11.8 Å². The number of amides is 1. The monoisotopic (exact) mass is 346 g/mol. The summed E-state index contributed by atoms with van der Waals surface area (Å²) >= 11 is 0. The second kappa shape index (κ2) is 8.53. The van der Waals surface area contributed by atoms with Crippen LogP contribution in [0, 0.1) is 13.8 Å². The maximum absolute atomic E-state index is 12.2. The summed E-state index contributed by atoms with van der Waals surface area (Å²) in [4.78, 5) is 14.1. The lowest BCUT2D eigenvalue weighted by atomic mass is 10.3. The van der Waals surface area contributed by atoms with E-state index < -0.39 is 0 Å². The zero-order valence-electron chi connectivity index (χ0n) is 15.5. The van der Waals surface area contributed by atoms with E-state index in [1.54, 1.807) is 11.8 Å². The number of nitrogens with zero attached hydrogens (tertiary/aromatic N) is 3. The maximum atomic E-state index is 12.2. The fraction of sp³-hybridized carbons (Fsp3) is 0.444. The van der Waals surface area contributed by atoms with E-state index in [0.29, 0.717) is 19.7 Å². The number of nitrogens with one attached hydrogen (secondary N) is 1. The number of carbonyl (C=O) groups is 1. The molecule has 0 aliphatic heterocycles. The first-order valence-electron chi connectivity index (χ1n) is 8.16. The first-order valence-corrected chi connectivity index (χ1v) is 8.16. The molecule has 7 heteroatoms. The minimum absolute atomic E-state index is 0.0638. The molecule has 1 heterocycles. The van der Waals surface area contributed by atoms with Gasteiger partial charge in [0.2, 0.25) is 5.91 Å². The topological polar surface area (TPSA) is 68.6 Å². The summed E-state index contributed by atoms with van der Waals surface area (Å²) in [5, 5.41) is 7.23. The van der Waals surface area contributed by atoms with E-state index in [1.165, 1.54) is 0 Å². The summed E-state index contributed by atoms with van der Waals surface area (Å²) in [7, 11) is 5.38. The van der Waals surface area contributed by atoms with Gasteiger partial charge in [-0.3, -0.25) is 14.4 Å². The quantitative estimate of drug-likeness (QED) is 0.792. The molecule has 0 radical (unpaired) electrons. The Balaban J connectivity index is 1.75. The number of carbonyl (C=O) groups excluding carboxylic acids is 1. The predicted molar refractivity (Wildman–Crippen MR) is 97.3 cm³/mol. The van der Waals surface area contributed by atoms with E-state index in [-0.39, 0.29) is 5.91 Å². The normalized spacial score (nSPS) is 10.8. The number of methoxy groups -OCH3 is 1. The molecule has 0 fully saturated rings. The average Bonchev–Trinajstić information content (AvgIpc) is 2.81. The van der Waals surface area contributed by atoms with Gasteiger partial charge in [0.05, 0.1) is 30.7 Å². The van der Waals surface area contributed by atoms with E-state index >= 15 is 0 Å². The molecular formula is C18H26N4O3. The number of hydrogen-bond acceptors (Lipinski definition) is 5. The van der Waals surface area contributed by atoms with Gasteiger partial charge in [0.25, 0.3) is 0 Å². The predicted octanol–water partition coefficient (Wildman–Crippen LogP) is 1.99. The minimum atomic E-state index is -0.0638. The molecular weight excluding hydrogens is 320 g/mol. The van der Waals surface area contributed by atoms with Gasteiger partial charge < -0.3 is 14.8 Å². The summed E-state index contributed by atoms with van der Waals surface area (Å²) < 4.78 is 12.5. The molecule has 0 saturated carbocycles. The Labute approximate surface area is 148 Å². The lowest BCUT2D eigenvalue weighted by Crippen LogP contribution is -2.33. The van der Waals surface area contributed by atoms with Crippen LogP contribution in [0.1, 0.15) is 11.4 Å². The van der Waals surface area contributed by atoms with E-state index in [4.69, 9.17) is 9.47 Å². The molecule has 1 N–H and O–H groups in total. The van der Waals surface area contributed by atoms with Crippen molar-refractivity contribution < 1.29 is 14.3 Å². The second-order valence-electron chi connectivity index (χ2n) is 5.98. The highest BCUT2D eigenvalue weighted by molar-refractivity contribution is 5.93. The molecule has 1 aromatic carbocycles. The summed E-state index contributed by atoms with van der Waals surface area (Å²) in [6.45, 7) is 5.25. The second-order valence-corrected chi connectivity index (χ2v) is 5.98. The van der Waals surface area contributed by atoms with Gasteiger partial charge in [-0.25, -0.2) is 0 Å². The molecule has 1 aromatic heterocycles. The Bertz CT molecular complexity index is 710. The van der Waals surface area contributed by atoms with Crippen LogP contribution in [0.4, 0.5) is 5.69 Å². The highest BCUT2D eigenvalue weighted by Crippen LogP contribution is 2.18. The van der Waals surface area contributed by atoms with Crippen molar-refractivity contribution in [2.24, 2.45) is 7.05 Å². The SMILES string of the molecule is COc1ccc(OCCN(C)CC(=O)Nc2c(C)nn(C)c2C)cc1. The minimum Gasteiger partial charge on any atom is -0.497 e. The van der Waals surface area contributed by atoms with Crippen LogP contribution in [0.2, 0.25) is 0 Å². The molecule has 2 aromatic rings. The van der Waals surface area contributed by atoms with Crippen LogP contribution in [0.5, 0.6) is 11.5 Å². The summed E-state index contributed by atoms with van der Waals surface area (Å²) in [6, 6.07) is 7.43. The Morgan fingerprint density at radius 3 is 2.44 bits per heavy atom. The van der Waals surface area contributed by atoms with Gasteiger partial charge in [0, 0.05) is 13.6 Å². The zero-order chi connectivity index (χ0) is 18.4. The van der Waals surface area contributed by atoms with Crippen LogP contribution in [-0.4, -0.2) is 54.4 Å². The summed E-state index contributed by atoms with van der Waals surface area (Å²) in [6.07, 6.45) is 0. The Morgan fingerprint density at radius 1 is 1.24 bits per heavy atom. The van der Waals surface area contributed by atoms with Crippen LogP contribution in [0.25, 0.3) is 0 Å². The Hall–Kier alpha value is -2.54. The van der Waals surface area contributed by atoms with Gasteiger partial charge in [-0.2, -0.15) is 5.10 Å². The number of rotatable bonds is 8.